The predicted molar refractivity (Wildman–Crippen MR) is 79.6 cm³/mol. The fourth-order valence-electron chi connectivity index (χ4n) is 1.54. The second-order valence-electron chi connectivity index (χ2n) is 4.00. The minimum absolute atomic E-state index is 0.0811. The van der Waals surface area contributed by atoms with Crippen LogP contribution in [0.4, 0.5) is 0 Å². The molecule has 0 saturated heterocycles. The minimum Gasteiger partial charge on any atom is -0.480 e. The number of amides is 1. The van der Waals surface area contributed by atoms with Crippen molar-refractivity contribution in [3.63, 3.8) is 0 Å². The Bertz CT molecular complexity index is 642. The average Bonchev–Trinajstić information content (AvgIpc) is 2.85. The SMILES string of the molecule is O=C(O)CNC(=O)Cc1csc(-c2cccc(Br)c2)n1. The first-order valence-corrected chi connectivity index (χ1v) is 7.40. The molecule has 0 aliphatic heterocycles. The molecule has 1 heterocycles. The van der Waals surface area contributed by atoms with Gasteiger partial charge in [-0.05, 0) is 12.1 Å². The van der Waals surface area contributed by atoms with Crippen LogP contribution in [0, 0.1) is 0 Å². The summed E-state index contributed by atoms with van der Waals surface area (Å²) in [5.41, 5.74) is 1.61. The van der Waals surface area contributed by atoms with Gasteiger partial charge in [0.2, 0.25) is 5.91 Å². The lowest BCUT2D eigenvalue weighted by Crippen LogP contribution is -2.30. The van der Waals surface area contributed by atoms with E-state index in [4.69, 9.17) is 5.11 Å². The summed E-state index contributed by atoms with van der Waals surface area (Å²) in [6.45, 7) is -0.374. The molecule has 2 rings (SSSR count). The maximum atomic E-state index is 11.5. The predicted octanol–water partition coefficient (Wildman–Crippen LogP) is 2.32. The molecule has 1 aromatic carbocycles. The zero-order chi connectivity index (χ0) is 14.5. The second kappa shape index (κ2) is 6.62. The van der Waals surface area contributed by atoms with Gasteiger partial charge in [0.25, 0.3) is 0 Å². The number of thiazole rings is 1. The lowest BCUT2D eigenvalue weighted by atomic mass is 10.2. The molecule has 2 aromatic rings. The molecular weight excluding hydrogens is 344 g/mol. The van der Waals surface area contributed by atoms with Gasteiger partial charge in [0.15, 0.2) is 0 Å². The summed E-state index contributed by atoms with van der Waals surface area (Å²) in [5, 5.41) is 13.4. The van der Waals surface area contributed by atoms with Gasteiger partial charge in [0.1, 0.15) is 11.6 Å². The van der Waals surface area contributed by atoms with Crippen LogP contribution in [0.2, 0.25) is 0 Å². The van der Waals surface area contributed by atoms with Crippen LogP contribution in [0.1, 0.15) is 5.69 Å². The number of aliphatic carboxylic acids is 1. The molecule has 1 aromatic heterocycles. The van der Waals surface area contributed by atoms with Crippen LogP contribution >= 0.6 is 27.3 Å². The summed E-state index contributed by atoms with van der Waals surface area (Å²) in [6.07, 6.45) is 0.0811. The van der Waals surface area contributed by atoms with E-state index in [1.54, 1.807) is 5.38 Å². The van der Waals surface area contributed by atoms with Crippen molar-refractivity contribution in [3.8, 4) is 10.6 Å². The van der Waals surface area contributed by atoms with Gasteiger partial charge in [-0.2, -0.15) is 0 Å². The van der Waals surface area contributed by atoms with Crippen molar-refractivity contribution in [3.05, 3.63) is 39.8 Å². The highest BCUT2D eigenvalue weighted by Crippen LogP contribution is 2.26. The molecule has 0 unspecified atom stereocenters. The topological polar surface area (TPSA) is 79.3 Å². The molecule has 0 atom stereocenters. The van der Waals surface area contributed by atoms with Crippen molar-refractivity contribution >= 4 is 39.1 Å². The van der Waals surface area contributed by atoms with Crippen LogP contribution in [-0.2, 0) is 16.0 Å². The van der Waals surface area contributed by atoms with Gasteiger partial charge in [-0.1, -0.05) is 28.1 Å². The first-order chi connectivity index (χ1) is 9.54. The lowest BCUT2D eigenvalue weighted by molar-refractivity contribution is -0.137. The minimum atomic E-state index is -1.06. The van der Waals surface area contributed by atoms with Crippen molar-refractivity contribution in [1.82, 2.24) is 10.3 Å². The van der Waals surface area contributed by atoms with Crippen molar-refractivity contribution < 1.29 is 14.7 Å². The number of carboxylic acid groups (broad SMARTS) is 1. The number of rotatable bonds is 5. The third-order valence-electron chi connectivity index (χ3n) is 2.40. The first kappa shape index (κ1) is 14.7. The van der Waals surface area contributed by atoms with E-state index < -0.39 is 5.97 Å². The Hall–Kier alpha value is -1.73. The number of benzene rings is 1. The van der Waals surface area contributed by atoms with E-state index in [1.165, 1.54) is 11.3 Å². The number of aromatic nitrogens is 1. The van der Waals surface area contributed by atoms with Gasteiger partial charge in [0, 0.05) is 15.4 Å². The standard InChI is InChI=1S/C13H11BrN2O3S/c14-9-3-1-2-8(4-9)13-16-10(7-20-13)5-11(17)15-6-12(18)19/h1-4,7H,5-6H2,(H,15,17)(H,18,19). The largest absolute Gasteiger partial charge is 0.480 e. The summed E-state index contributed by atoms with van der Waals surface area (Å²) in [7, 11) is 0. The molecule has 0 aliphatic rings. The third-order valence-corrected chi connectivity index (χ3v) is 3.84. The van der Waals surface area contributed by atoms with E-state index in [0.29, 0.717) is 5.69 Å². The van der Waals surface area contributed by atoms with Crippen LogP contribution in [0.3, 0.4) is 0 Å². The molecular formula is C13H11BrN2O3S. The zero-order valence-electron chi connectivity index (χ0n) is 10.3. The van der Waals surface area contributed by atoms with Crippen LogP contribution in [-0.4, -0.2) is 28.5 Å². The highest BCUT2D eigenvalue weighted by Gasteiger charge is 2.10. The molecule has 0 fully saturated rings. The molecule has 1 amide bonds. The van der Waals surface area contributed by atoms with Gasteiger partial charge < -0.3 is 10.4 Å². The second-order valence-corrected chi connectivity index (χ2v) is 5.78. The van der Waals surface area contributed by atoms with Gasteiger partial charge in [-0.3, -0.25) is 9.59 Å². The van der Waals surface area contributed by atoms with Gasteiger partial charge in [-0.15, -0.1) is 11.3 Å². The van der Waals surface area contributed by atoms with Crippen LogP contribution < -0.4 is 5.32 Å². The van der Waals surface area contributed by atoms with E-state index in [1.807, 2.05) is 24.3 Å². The summed E-state index contributed by atoms with van der Waals surface area (Å²) in [5.74, 6) is -1.41. The van der Waals surface area contributed by atoms with Crippen LogP contribution in [0.15, 0.2) is 34.1 Å². The average molecular weight is 355 g/mol. The van der Waals surface area contributed by atoms with Crippen molar-refractivity contribution in [1.29, 1.82) is 0 Å². The molecule has 0 bridgehead atoms. The summed E-state index contributed by atoms with van der Waals surface area (Å²) in [4.78, 5) is 26.2. The Labute approximate surface area is 127 Å². The van der Waals surface area contributed by atoms with Gasteiger partial charge in [0.05, 0.1) is 12.1 Å². The fourth-order valence-corrected chi connectivity index (χ4v) is 2.76. The number of hydrogen-bond donors (Lipinski definition) is 2. The molecule has 0 saturated carbocycles. The summed E-state index contributed by atoms with van der Waals surface area (Å²) < 4.78 is 0.964. The van der Waals surface area contributed by atoms with E-state index in [-0.39, 0.29) is 18.9 Å². The number of hydrogen-bond acceptors (Lipinski definition) is 4. The maximum absolute atomic E-state index is 11.5. The Balaban J connectivity index is 2.02. The number of carbonyl (C=O) groups excluding carboxylic acids is 1. The number of nitrogens with one attached hydrogen (secondary N) is 1. The third kappa shape index (κ3) is 4.14. The maximum Gasteiger partial charge on any atom is 0.322 e. The normalized spacial score (nSPS) is 10.2. The fraction of sp³-hybridized carbons (Fsp3) is 0.154. The number of nitrogens with zero attached hydrogens (tertiary/aromatic N) is 1. The van der Waals surface area contributed by atoms with Crippen molar-refractivity contribution in [2.24, 2.45) is 0 Å². The highest BCUT2D eigenvalue weighted by atomic mass is 79.9. The monoisotopic (exact) mass is 354 g/mol. The van der Waals surface area contributed by atoms with E-state index >= 15 is 0 Å². The van der Waals surface area contributed by atoms with Crippen molar-refractivity contribution in [2.45, 2.75) is 6.42 Å². The van der Waals surface area contributed by atoms with Gasteiger partial charge in [-0.25, -0.2) is 4.98 Å². The number of carbonyl (C=O) groups is 2. The quantitative estimate of drug-likeness (QED) is 0.863. The molecule has 2 N–H and O–H groups in total. The smallest absolute Gasteiger partial charge is 0.322 e. The van der Waals surface area contributed by atoms with E-state index in [9.17, 15) is 9.59 Å². The molecule has 20 heavy (non-hydrogen) atoms. The highest BCUT2D eigenvalue weighted by molar-refractivity contribution is 9.10. The molecule has 0 radical (unpaired) electrons. The molecule has 0 aliphatic carbocycles. The summed E-state index contributed by atoms with van der Waals surface area (Å²) >= 11 is 4.85. The lowest BCUT2D eigenvalue weighted by Gasteiger charge is -1.99. The molecule has 104 valence electrons. The molecule has 0 spiro atoms. The van der Waals surface area contributed by atoms with E-state index in [0.717, 1.165) is 15.0 Å². The first-order valence-electron chi connectivity index (χ1n) is 5.73. The Morgan fingerprint density at radius 3 is 2.90 bits per heavy atom. The van der Waals surface area contributed by atoms with Crippen LogP contribution in [0.5, 0.6) is 0 Å². The van der Waals surface area contributed by atoms with Crippen LogP contribution in [0.25, 0.3) is 10.6 Å². The Morgan fingerprint density at radius 1 is 1.40 bits per heavy atom. The number of carboxylic acids is 1. The Kier molecular flexibility index (Phi) is 4.86. The van der Waals surface area contributed by atoms with E-state index in [2.05, 4.69) is 26.2 Å². The van der Waals surface area contributed by atoms with Crippen molar-refractivity contribution in [2.75, 3.05) is 6.54 Å². The summed E-state index contributed by atoms with van der Waals surface area (Å²) in [6, 6.07) is 7.74. The number of halogens is 1. The molecule has 5 nitrogen and oxygen atoms in total. The Morgan fingerprint density at radius 2 is 2.20 bits per heavy atom. The zero-order valence-corrected chi connectivity index (χ0v) is 12.7. The van der Waals surface area contributed by atoms with Gasteiger partial charge >= 0.3 is 5.97 Å². The molecule has 7 heteroatoms.